The van der Waals surface area contributed by atoms with Crippen LogP contribution in [-0.4, -0.2) is 0 Å². The maximum absolute atomic E-state index is 3.44. The average Bonchev–Trinajstić information content (AvgIpc) is 1.62. The second-order valence-corrected chi connectivity index (χ2v) is 0.960. The molecule has 1 rings (SSSR count). The van der Waals surface area contributed by atoms with Crippen LogP contribution in [0.1, 0.15) is 0 Å². The highest BCUT2D eigenvalue weighted by Gasteiger charge is 1.86. The molecule has 0 amide bonds. The highest BCUT2D eigenvalue weighted by molar-refractivity contribution is 4.17. The predicted molar refractivity (Wildman–Crippen MR) is 24.1 cm³/mol. The summed E-state index contributed by atoms with van der Waals surface area (Å²) in [6.07, 6.45) is 0. The molecule has 0 aromatic carbocycles. The van der Waals surface area contributed by atoms with Crippen LogP contribution in [-0.2, 0) is 0 Å². The van der Waals surface area contributed by atoms with Crippen LogP contribution in [0.4, 0.5) is 0 Å². The third kappa shape index (κ3) is 2.11. The molecule has 7 N–H and O–H groups in total. The van der Waals surface area contributed by atoms with Gasteiger partial charge in [0.25, 0.3) is 0 Å². The molecule has 0 unspecified atom stereocenters. The third-order valence-corrected chi connectivity index (χ3v) is 0.474. The number of hydrazine groups is 6. The Morgan fingerprint density at radius 1 is 0.625 bits per heavy atom. The molecule has 1 heterocycles. The molecule has 0 aromatic heterocycles. The molecule has 8 heavy (non-hydrogen) atoms. The predicted octanol–water partition coefficient (Wildman–Crippen LogP) is -3.95. The largest absolute Gasteiger partial charge is 0.164 e. The molecular formula is H7N8. The topological polar surface area (TPSA) is 98.3 Å². The van der Waals surface area contributed by atoms with E-state index in [0.717, 1.165) is 0 Å². The molecular weight excluding hydrogens is 112 g/mol. The van der Waals surface area contributed by atoms with E-state index in [4.69, 9.17) is 0 Å². The second-order valence-electron chi connectivity index (χ2n) is 0.960. The number of hydrogen-bond donors (Lipinski definition) is 7. The Balaban J connectivity index is 2.00. The monoisotopic (exact) mass is 119 g/mol. The fraction of sp³-hybridized carbons (Fsp3) is 0. The fourth-order valence-electron chi connectivity index (χ4n) is 0.234. The number of hydrogen-bond acceptors (Lipinski definition) is 7. The Morgan fingerprint density at radius 2 is 1.12 bits per heavy atom. The van der Waals surface area contributed by atoms with E-state index in [1.165, 1.54) is 0 Å². The van der Waals surface area contributed by atoms with Crippen LogP contribution in [0.5, 0.6) is 0 Å². The van der Waals surface area contributed by atoms with Gasteiger partial charge in [0.05, 0.1) is 0 Å². The summed E-state index contributed by atoms with van der Waals surface area (Å²) >= 11 is 0. The van der Waals surface area contributed by atoms with Crippen molar-refractivity contribution in [1.29, 1.82) is 0 Å². The van der Waals surface area contributed by atoms with Crippen molar-refractivity contribution in [3.8, 4) is 0 Å². The summed E-state index contributed by atoms with van der Waals surface area (Å²) in [5.41, 5.74) is 20.5. The van der Waals surface area contributed by atoms with Gasteiger partial charge < -0.3 is 0 Å². The zero-order chi connectivity index (χ0) is 5.66. The van der Waals surface area contributed by atoms with E-state index in [1.54, 1.807) is 0 Å². The van der Waals surface area contributed by atoms with Crippen LogP contribution < -0.4 is 44.3 Å². The van der Waals surface area contributed by atoms with E-state index in [2.05, 4.69) is 44.3 Å². The van der Waals surface area contributed by atoms with E-state index in [-0.39, 0.29) is 0 Å². The van der Waals surface area contributed by atoms with Crippen molar-refractivity contribution >= 4 is 0 Å². The summed E-state index contributed by atoms with van der Waals surface area (Å²) in [6, 6.07) is 0. The highest BCUT2D eigenvalue weighted by Crippen LogP contribution is 1.33. The zero-order valence-electron chi connectivity index (χ0n) is 3.95. The van der Waals surface area contributed by atoms with E-state index in [9.17, 15) is 0 Å². The van der Waals surface area contributed by atoms with Crippen LogP contribution in [0.15, 0.2) is 0 Å². The Morgan fingerprint density at radius 3 is 1.75 bits per heavy atom. The Bertz CT molecular complexity index is 24.0. The van der Waals surface area contributed by atoms with E-state index in [0.29, 0.717) is 0 Å². The molecule has 1 saturated heterocycles. The molecule has 1 aliphatic heterocycles. The first-order valence-corrected chi connectivity index (χ1v) is 1.95. The summed E-state index contributed by atoms with van der Waals surface area (Å²) in [7, 11) is 0. The molecule has 8 nitrogen and oxygen atoms in total. The Labute approximate surface area is 45.5 Å². The number of rotatable bonds is 0. The maximum atomic E-state index is 3.44. The smallest absolute Gasteiger partial charge is 0.0472 e. The fourth-order valence-corrected chi connectivity index (χ4v) is 0.234. The van der Waals surface area contributed by atoms with Gasteiger partial charge in [0.2, 0.25) is 0 Å². The summed E-state index contributed by atoms with van der Waals surface area (Å²) < 4.78 is 0. The lowest BCUT2D eigenvalue weighted by Crippen LogP contribution is -2.68. The minimum atomic E-state index is 2.38. The average molecular weight is 119 g/mol. The van der Waals surface area contributed by atoms with Gasteiger partial charge in [-0.25, -0.2) is 0 Å². The van der Waals surface area contributed by atoms with Gasteiger partial charge in [-0.05, 0) is 5.53 Å². The van der Waals surface area contributed by atoms with E-state index in [1.807, 2.05) is 0 Å². The van der Waals surface area contributed by atoms with Crippen molar-refractivity contribution in [2.75, 3.05) is 0 Å². The Hall–Kier alpha value is -0.320. The molecule has 0 atom stereocenters. The molecule has 0 aromatic rings. The number of nitrogens with one attached hydrogen (secondary N) is 7. The van der Waals surface area contributed by atoms with Crippen LogP contribution >= 0.6 is 0 Å². The third-order valence-electron chi connectivity index (χ3n) is 0.474. The summed E-state index contributed by atoms with van der Waals surface area (Å²) in [5, 5.41) is 0. The van der Waals surface area contributed by atoms with Gasteiger partial charge in [0.1, 0.15) is 0 Å². The minimum absolute atomic E-state index is 2.38. The molecule has 0 aliphatic carbocycles. The lowest BCUT2D eigenvalue weighted by molar-refractivity contribution is 0.169. The molecule has 0 spiro atoms. The zero-order valence-corrected chi connectivity index (χ0v) is 3.95. The van der Waals surface area contributed by atoms with Gasteiger partial charge in [0.15, 0.2) is 0 Å². The van der Waals surface area contributed by atoms with Gasteiger partial charge in [-0.2, -0.15) is 27.7 Å². The molecule has 0 saturated carbocycles. The second kappa shape index (κ2) is 3.65. The Kier molecular flexibility index (Phi) is 2.65. The van der Waals surface area contributed by atoms with Gasteiger partial charge >= 0.3 is 0 Å². The SMILES string of the molecule is [N]1NNNNNNN1. The molecule has 1 aliphatic rings. The molecule has 1 fully saturated rings. The minimum Gasteiger partial charge on any atom is -0.164 e. The van der Waals surface area contributed by atoms with Crippen molar-refractivity contribution in [2.24, 2.45) is 0 Å². The molecule has 8 heteroatoms. The first kappa shape index (κ1) is 5.81. The van der Waals surface area contributed by atoms with Crippen LogP contribution in [0, 0.1) is 0 Å². The van der Waals surface area contributed by atoms with Crippen LogP contribution in [0.2, 0.25) is 0 Å². The first-order valence-electron chi connectivity index (χ1n) is 1.95. The normalized spacial score (nSPS) is 24.0. The van der Waals surface area contributed by atoms with Crippen molar-refractivity contribution in [3.05, 3.63) is 0 Å². The van der Waals surface area contributed by atoms with Gasteiger partial charge in [-0.15, -0.1) is 11.1 Å². The number of nitrogens with zero attached hydrogens (tertiary/aromatic N) is 1. The maximum Gasteiger partial charge on any atom is -0.0472 e. The molecule has 0 bridgehead atoms. The summed E-state index contributed by atoms with van der Waals surface area (Å²) in [5.74, 6) is 0. The van der Waals surface area contributed by atoms with Crippen molar-refractivity contribution in [2.45, 2.75) is 0 Å². The van der Waals surface area contributed by atoms with Gasteiger partial charge in [0, 0.05) is 0 Å². The van der Waals surface area contributed by atoms with Crippen LogP contribution in [0.25, 0.3) is 0 Å². The van der Waals surface area contributed by atoms with Crippen molar-refractivity contribution < 1.29 is 0 Å². The molecule has 1 radical (unpaired) electrons. The van der Waals surface area contributed by atoms with Crippen molar-refractivity contribution in [3.63, 3.8) is 0 Å². The lowest BCUT2D eigenvalue weighted by atomic mass is 12.0. The first-order chi connectivity index (χ1) is 4.00. The summed E-state index contributed by atoms with van der Waals surface area (Å²) in [6.45, 7) is 0. The van der Waals surface area contributed by atoms with E-state index >= 15 is 0 Å². The summed E-state index contributed by atoms with van der Waals surface area (Å²) in [4.78, 5) is 0. The van der Waals surface area contributed by atoms with Crippen molar-refractivity contribution in [1.82, 2.24) is 44.3 Å². The standard InChI is InChI=1S/H7N8/c1-2-4-6-8-7-5-3-1/h1-7H. The van der Waals surface area contributed by atoms with Crippen LogP contribution in [0.3, 0.4) is 0 Å². The van der Waals surface area contributed by atoms with Gasteiger partial charge in [-0.3, -0.25) is 0 Å². The molecule has 47 valence electrons. The van der Waals surface area contributed by atoms with Gasteiger partial charge in [-0.1, -0.05) is 0 Å². The quantitative estimate of drug-likeness (QED) is 0.175. The lowest BCUT2D eigenvalue weighted by Gasteiger charge is -2.14. The van der Waals surface area contributed by atoms with E-state index < -0.39 is 0 Å². The highest BCUT2D eigenvalue weighted by atomic mass is 16.0.